The number of hydrogen-bond acceptors (Lipinski definition) is 3. The van der Waals surface area contributed by atoms with Gasteiger partial charge in [-0.05, 0) is 31.0 Å². The van der Waals surface area contributed by atoms with Crippen LogP contribution < -0.4 is 4.90 Å². The van der Waals surface area contributed by atoms with Gasteiger partial charge in [0.15, 0.2) is 0 Å². The van der Waals surface area contributed by atoms with Gasteiger partial charge in [-0.3, -0.25) is 4.98 Å². The van der Waals surface area contributed by atoms with E-state index >= 15 is 0 Å². The molecule has 0 unspecified atom stereocenters. The molecule has 1 aliphatic heterocycles. The number of aromatic nitrogens is 1. The Labute approximate surface area is 100 Å². The van der Waals surface area contributed by atoms with Crippen LogP contribution in [0.25, 0.3) is 10.8 Å². The third-order valence-corrected chi connectivity index (χ3v) is 3.36. The van der Waals surface area contributed by atoms with Crippen molar-refractivity contribution in [1.29, 1.82) is 5.26 Å². The molecule has 3 heteroatoms. The van der Waals surface area contributed by atoms with E-state index in [2.05, 4.69) is 22.0 Å². The van der Waals surface area contributed by atoms with Crippen LogP contribution in [0.3, 0.4) is 0 Å². The van der Waals surface area contributed by atoms with Crippen molar-refractivity contribution in [3.63, 3.8) is 0 Å². The molecule has 1 fully saturated rings. The highest BCUT2D eigenvalue weighted by Crippen LogP contribution is 2.30. The maximum Gasteiger partial charge on any atom is 0.0998 e. The molecule has 2 heterocycles. The van der Waals surface area contributed by atoms with E-state index in [9.17, 15) is 0 Å². The van der Waals surface area contributed by atoms with Crippen LogP contribution in [0, 0.1) is 11.3 Å². The van der Waals surface area contributed by atoms with E-state index in [0.29, 0.717) is 5.56 Å². The summed E-state index contributed by atoms with van der Waals surface area (Å²) in [6, 6.07) is 8.20. The number of fused-ring (bicyclic) bond motifs is 1. The minimum absolute atomic E-state index is 0.705. The van der Waals surface area contributed by atoms with Crippen LogP contribution in [0.15, 0.2) is 30.6 Å². The highest BCUT2D eigenvalue weighted by atomic mass is 15.1. The summed E-state index contributed by atoms with van der Waals surface area (Å²) in [5.74, 6) is 0. The van der Waals surface area contributed by atoms with Crippen molar-refractivity contribution < 1.29 is 0 Å². The van der Waals surface area contributed by atoms with Gasteiger partial charge in [-0.1, -0.05) is 0 Å². The van der Waals surface area contributed by atoms with Crippen molar-refractivity contribution in [2.75, 3.05) is 18.0 Å². The monoisotopic (exact) mass is 223 g/mol. The van der Waals surface area contributed by atoms with Crippen LogP contribution in [0.4, 0.5) is 5.69 Å². The Kier molecular flexibility index (Phi) is 2.41. The van der Waals surface area contributed by atoms with Gasteiger partial charge in [-0.25, -0.2) is 0 Å². The van der Waals surface area contributed by atoms with Crippen molar-refractivity contribution in [3.8, 4) is 6.07 Å². The molecule has 2 aromatic rings. The van der Waals surface area contributed by atoms with Crippen LogP contribution >= 0.6 is 0 Å². The van der Waals surface area contributed by atoms with E-state index in [1.165, 1.54) is 18.5 Å². The molecule has 3 rings (SSSR count). The van der Waals surface area contributed by atoms with Crippen LogP contribution in [-0.4, -0.2) is 18.1 Å². The van der Waals surface area contributed by atoms with Gasteiger partial charge in [0.05, 0.1) is 11.6 Å². The standard InChI is InChI=1S/C14H13N3/c15-9-11-3-4-14(17-7-1-2-8-17)12-5-6-16-10-13(11)12/h3-6,10H,1-2,7-8H2. The van der Waals surface area contributed by atoms with Gasteiger partial charge < -0.3 is 4.90 Å². The smallest absolute Gasteiger partial charge is 0.0998 e. The first-order valence-corrected chi connectivity index (χ1v) is 5.92. The molecule has 0 aliphatic carbocycles. The normalized spacial score (nSPS) is 15.1. The summed E-state index contributed by atoms with van der Waals surface area (Å²) in [4.78, 5) is 6.51. The summed E-state index contributed by atoms with van der Waals surface area (Å²) in [5, 5.41) is 11.2. The van der Waals surface area contributed by atoms with Crippen LogP contribution in [0.5, 0.6) is 0 Å². The van der Waals surface area contributed by atoms with Crippen molar-refractivity contribution in [2.45, 2.75) is 12.8 Å². The third kappa shape index (κ3) is 1.62. The number of hydrogen-bond donors (Lipinski definition) is 0. The highest BCUT2D eigenvalue weighted by Gasteiger charge is 2.15. The third-order valence-electron chi connectivity index (χ3n) is 3.36. The fourth-order valence-corrected chi connectivity index (χ4v) is 2.51. The maximum atomic E-state index is 9.10. The van der Waals surface area contributed by atoms with Crippen LogP contribution in [0.1, 0.15) is 18.4 Å². The van der Waals surface area contributed by atoms with E-state index in [4.69, 9.17) is 5.26 Å². The number of nitriles is 1. The van der Waals surface area contributed by atoms with Gasteiger partial charge in [0.1, 0.15) is 0 Å². The molecular weight excluding hydrogens is 210 g/mol. The molecule has 0 N–H and O–H groups in total. The zero-order valence-corrected chi connectivity index (χ0v) is 9.56. The lowest BCUT2D eigenvalue weighted by molar-refractivity contribution is 0.949. The predicted molar refractivity (Wildman–Crippen MR) is 67.9 cm³/mol. The van der Waals surface area contributed by atoms with E-state index in [1.807, 2.05) is 12.1 Å². The lowest BCUT2D eigenvalue weighted by Gasteiger charge is -2.20. The molecule has 0 bridgehead atoms. The Bertz CT molecular complexity index is 592. The fraction of sp³-hybridized carbons (Fsp3) is 0.286. The number of pyridine rings is 1. The zero-order valence-electron chi connectivity index (χ0n) is 9.56. The van der Waals surface area contributed by atoms with Crippen molar-refractivity contribution in [2.24, 2.45) is 0 Å². The molecule has 0 atom stereocenters. The van der Waals surface area contributed by atoms with Crippen molar-refractivity contribution in [3.05, 3.63) is 36.2 Å². The number of nitrogens with zero attached hydrogens (tertiary/aromatic N) is 3. The molecule has 0 saturated carbocycles. The summed E-state index contributed by atoms with van der Waals surface area (Å²) in [5.41, 5.74) is 1.94. The van der Waals surface area contributed by atoms with Crippen molar-refractivity contribution >= 4 is 16.5 Å². The molecular formula is C14H13N3. The first-order chi connectivity index (χ1) is 8.40. The molecule has 3 nitrogen and oxygen atoms in total. The minimum Gasteiger partial charge on any atom is -0.371 e. The molecule has 17 heavy (non-hydrogen) atoms. The van der Waals surface area contributed by atoms with E-state index < -0.39 is 0 Å². The lowest BCUT2D eigenvalue weighted by atomic mass is 10.1. The highest BCUT2D eigenvalue weighted by molar-refractivity contribution is 5.97. The maximum absolute atomic E-state index is 9.10. The predicted octanol–water partition coefficient (Wildman–Crippen LogP) is 2.71. The minimum atomic E-state index is 0.705. The molecule has 1 aliphatic rings. The second kappa shape index (κ2) is 4.06. The summed E-state index contributed by atoms with van der Waals surface area (Å²) >= 11 is 0. The molecule has 1 aromatic heterocycles. The Morgan fingerprint density at radius 2 is 1.94 bits per heavy atom. The summed E-state index contributed by atoms with van der Waals surface area (Å²) < 4.78 is 0. The van der Waals surface area contributed by atoms with Crippen LogP contribution in [0.2, 0.25) is 0 Å². The second-order valence-corrected chi connectivity index (χ2v) is 4.36. The Morgan fingerprint density at radius 3 is 2.71 bits per heavy atom. The first kappa shape index (κ1) is 10.1. The average Bonchev–Trinajstić information content (AvgIpc) is 2.91. The van der Waals surface area contributed by atoms with E-state index in [1.54, 1.807) is 12.4 Å². The molecule has 0 radical (unpaired) electrons. The second-order valence-electron chi connectivity index (χ2n) is 4.36. The summed E-state index contributed by atoms with van der Waals surface area (Å²) in [6.45, 7) is 2.23. The summed E-state index contributed by atoms with van der Waals surface area (Å²) in [6.07, 6.45) is 6.09. The average molecular weight is 223 g/mol. The SMILES string of the molecule is N#Cc1ccc(N2CCCC2)c2ccncc12. The fourth-order valence-electron chi connectivity index (χ4n) is 2.51. The number of rotatable bonds is 1. The van der Waals surface area contributed by atoms with Gasteiger partial charge in [0.2, 0.25) is 0 Å². The zero-order chi connectivity index (χ0) is 11.7. The van der Waals surface area contributed by atoms with Gasteiger partial charge >= 0.3 is 0 Å². The van der Waals surface area contributed by atoms with Gasteiger partial charge in [-0.15, -0.1) is 0 Å². The topological polar surface area (TPSA) is 39.9 Å². The molecule has 0 spiro atoms. The van der Waals surface area contributed by atoms with E-state index in [-0.39, 0.29) is 0 Å². The lowest BCUT2D eigenvalue weighted by Crippen LogP contribution is -2.17. The molecule has 84 valence electrons. The van der Waals surface area contributed by atoms with E-state index in [0.717, 1.165) is 23.9 Å². The first-order valence-electron chi connectivity index (χ1n) is 5.92. The molecule has 0 amide bonds. The Balaban J connectivity index is 2.23. The number of anilines is 1. The van der Waals surface area contributed by atoms with Gasteiger partial charge in [-0.2, -0.15) is 5.26 Å². The molecule has 1 aromatic carbocycles. The van der Waals surface area contributed by atoms with Crippen molar-refractivity contribution in [1.82, 2.24) is 4.98 Å². The summed E-state index contributed by atoms with van der Waals surface area (Å²) in [7, 11) is 0. The van der Waals surface area contributed by atoms with Crippen LogP contribution in [-0.2, 0) is 0 Å². The van der Waals surface area contributed by atoms with Gasteiger partial charge in [0, 0.05) is 41.9 Å². The Hall–Kier alpha value is -2.08. The number of benzene rings is 1. The quantitative estimate of drug-likeness (QED) is 0.746. The van der Waals surface area contributed by atoms with Gasteiger partial charge in [0.25, 0.3) is 0 Å². The largest absolute Gasteiger partial charge is 0.371 e. The molecule has 1 saturated heterocycles. The Morgan fingerprint density at radius 1 is 1.12 bits per heavy atom.